The first-order chi connectivity index (χ1) is 6.84. The van der Waals surface area contributed by atoms with Crippen LogP contribution in [0.2, 0.25) is 0 Å². The van der Waals surface area contributed by atoms with Crippen molar-refractivity contribution in [3.63, 3.8) is 0 Å². The maximum absolute atomic E-state index is 5.63. The van der Waals surface area contributed by atoms with Crippen LogP contribution in [0.4, 0.5) is 0 Å². The van der Waals surface area contributed by atoms with Gasteiger partial charge < -0.3 is 4.74 Å². The summed E-state index contributed by atoms with van der Waals surface area (Å²) >= 11 is 0. The molecule has 2 heterocycles. The van der Waals surface area contributed by atoms with Crippen LogP contribution in [0, 0.1) is 5.92 Å². The van der Waals surface area contributed by atoms with Gasteiger partial charge in [-0.15, -0.1) is 0 Å². The maximum Gasteiger partial charge on any atom is 0.154 e. The predicted molar refractivity (Wildman–Crippen MR) is 50.8 cm³/mol. The van der Waals surface area contributed by atoms with Gasteiger partial charge in [0, 0.05) is 12.5 Å². The Bertz CT molecular complexity index is 332. The zero-order valence-electron chi connectivity index (χ0n) is 8.36. The van der Waals surface area contributed by atoms with E-state index in [1.54, 1.807) is 0 Å². The topological polar surface area (TPSA) is 50.8 Å². The lowest BCUT2D eigenvalue weighted by atomic mass is 10.0. The Morgan fingerprint density at radius 1 is 1.36 bits per heavy atom. The van der Waals surface area contributed by atoms with Gasteiger partial charge >= 0.3 is 0 Å². The number of rotatable bonds is 2. The second-order valence-corrected chi connectivity index (χ2v) is 4.41. The van der Waals surface area contributed by atoms with Crippen molar-refractivity contribution in [1.29, 1.82) is 0 Å². The minimum absolute atomic E-state index is 0.148. The van der Waals surface area contributed by atoms with Gasteiger partial charge in [0.2, 0.25) is 0 Å². The van der Waals surface area contributed by atoms with Crippen molar-refractivity contribution in [1.82, 2.24) is 15.2 Å². The van der Waals surface area contributed by atoms with E-state index >= 15 is 0 Å². The van der Waals surface area contributed by atoms with Crippen LogP contribution in [0.15, 0.2) is 0 Å². The van der Waals surface area contributed by atoms with E-state index < -0.39 is 0 Å². The van der Waals surface area contributed by atoms with Crippen molar-refractivity contribution >= 4 is 0 Å². The van der Waals surface area contributed by atoms with E-state index in [2.05, 4.69) is 22.1 Å². The zero-order valence-corrected chi connectivity index (χ0v) is 8.36. The molecule has 0 radical (unpaired) electrons. The molecule has 0 aromatic carbocycles. The number of ether oxygens (including phenoxy) is 1. The van der Waals surface area contributed by atoms with Gasteiger partial charge in [-0.3, -0.25) is 5.10 Å². The van der Waals surface area contributed by atoms with Crippen LogP contribution in [0.3, 0.4) is 0 Å². The summed E-state index contributed by atoms with van der Waals surface area (Å²) in [4.78, 5) is 4.51. The molecule has 14 heavy (non-hydrogen) atoms. The van der Waals surface area contributed by atoms with Crippen LogP contribution < -0.4 is 0 Å². The molecular formula is C10H15N3O. The molecule has 3 rings (SSSR count). The molecule has 0 spiro atoms. The molecule has 0 bridgehead atoms. The lowest BCUT2D eigenvalue weighted by molar-refractivity contribution is 0.0875. The number of aromatic nitrogens is 3. The molecular weight excluding hydrogens is 178 g/mol. The molecule has 2 unspecified atom stereocenters. The van der Waals surface area contributed by atoms with E-state index in [-0.39, 0.29) is 6.10 Å². The highest BCUT2D eigenvalue weighted by Crippen LogP contribution is 2.39. The van der Waals surface area contributed by atoms with Crippen molar-refractivity contribution in [2.24, 2.45) is 5.92 Å². The van der Waals surface area contributed by atoms with Gasteiger partial charge in [0.05, 0.1) is 0 Å². The number of hydrogen-bond donors (Lipinski definition) is 1. The van der Waals surface area contributed by atoms with E-state index in [9.17, 15) is 0 Å². The molecule has 1 saturated heterocycles. The molecule has 2 atom stereocenters. The van der Waals surface area contributed by atoms with E-state index in [1.165, 1.54) is 12.8 Å². The highest BCUT2D eigenvalue weighted by atomic mass is 16.5. The fraction of sp³-hybridized carbons (Fsp3) is 0.800. The second-order valence-electron chi connectivity index (χ2n) is 4.41. The summed E-state index contributed by atoms with van der Waals surface area (Å²) in [5.74, 6) is 3.10. The fourth-order valence-electron chi connectivity index (χ4n) is 1.98. The van der Waals surface area contributed by atoms with Gasteiger partial charge in [0.15, 0.2) is 11.6 Å². The van der Waals surface area contributed by atoms with E-state index in [0.717, 1.165) is 24.7 Å². The van der Waals surface area contributed by atoms with Crippen LogP contribution in [0.5, 0.6) is 0 Å². The largest absolute Gasteiger partial charge is 0.370 e. The van der Waals surface area contributed by atoms with Gasteiger partial charge in [0.1, 0.15) is 6.10 Å². The minimum Gasteiger partial charge on any atom is -0.370 e. The zero-order chi connectivity index (χ0) is 9.54. The SMILES string of the molecule is CC1CCOC1c1nc(C2CC2)n[nH]1. The van der Waals surface area contributed by atoms with Crippen molar-refractivity contribution in [3.8, 4) is 0 Å². The number of aromatic amines is 1. The average Bonchev–Trinajstić information content (AvgIpc) is 2.75. The lowest BCUT2D eigenvalue weighted by Crippen LogP contribution is -2.05. The molecule has 1 N–H and O–H groups in total. The van der Waals surface area contributed by atoms with E-state index in [0.29, 0.717) is 11.8 Å². The molecule has 1 saturated carbocycles. The summed E-state index contributed by atoms with van der Waals surface area (Å²) in [5.41, 5.74) is 0. The van der Waals surface area contributed by atoms with Crippen LogP contribution in [-0.4, -0.2) is 21.8 Å². The number of nitrogens with zero attached hydrogens (tertiary/aromatic N) is 2. The Hall–Kier alpha value is -0.900. The smallest absolute Gasteiger partial charge is 0.154 e. The minimum atomic E-state index is 0.148. The first-order valence-electron chi connectivity index (χ1n) is 5.38. The van der Waals surface area contributed by atoms with Gasteiger partial charge in [0.25, 0.3) is 0 Å². The Morgan fingerprint density at radius 2 is 2.21 bits per heavy atom. The van der Waals surface area contributed by atoms with Crippen molar-refractivity contribution in [2.45, 2.75) is 38.2 Å². The highest BCUT2D eigenvalue weighted by molar-refractivity contribution is 5.07. The summed E-state index contributed by atoms with van der Waals surface area (Å²) in [6.45, 7) is 3.06. The molecule has 0 amide bonds. The standard InChI is InChI=1S/C10H15N3O/c1-6-4-5-14-8(6)10-11-9(12-13-10)7-2-3-7/h6-8H,2-5H2,1H3,(H,11,12,13). The van der Waals surface area contributed by atoms with Crippen LogP contribution >= 0.6 is 0 Å². The summed E-state index contributed by atoms with van der Waals surface area (Å²) in [6.07, 6.45) is 3.77. The highest BCUT2D eigenvalue weighted by Gasteiger charge is 2.32. The van der Waals surface area contributed by atoms with Crippen LogP contribution in [0.1, 0.15) is 49.9 Å². The maximum atomic E-state index is 5.63. The number of H-pyrrole nitrogens is 1. The quantitative estimate of drug-likeness (QED) is 0.778. The molecule has 1 aromatic heterocycles. The lowest BCUT2D eigenvalue weighted by Gasteiger charge is -2.09. The fourth-order valence-corrected chi connectivity index (χ4v) is 1.98. The van der Waals surface area contributed by atoms with Crippen LogP contribution in [0.25, 0.3) is 0 Å². The monoisotopic (exact) mass is 193 g/mol. The molecule has 4 heteroatoms. The first kappa shape index (κ1) is 8.41. The van der Waals surface area contributed by atoms with Crippen molar-refractivity contribution in [3.05, 3.63) is 11.6 Å². The van der Waals surface area contributed by atoms with Gasteiger partial charge in [-0.25, -0.2) is 4.98 Å². The molecule has 1 aliphatic heterocycles. The van der Waals surface area contributed by atoms with Gasteiger partial charge in [-0.05, 0) is 25.2 Å². The Kier molecular flexibility index (Phi) is 1.83. The Labute approximate surface area is 83.1 Å². The molecule has 1 aliphatic carbocycles. The normalized spacial score (nSPS) is 32.4. The molecule has 4 nitrogen and oxygen atoms in total. The van der Waals surface area contributed by atoms with Crippen molar-refractivity contribution < 1.29 is 4.74 Å². The summed E-state index contributed by atoms with van der Waals surface area (Å²) in [7, 11) is 0. The third-order valence-electron chi connectivity index (χ3n) is 3.12. The summed E-state index contributed by atoms with van der Waals surface area (Å²) < 4.78 is 5.63. The number of hydrogen-bond acceptors (Lipinski definition) is 3. The number of nitrogens with one attached hydrogen (secondary N) is 1. The summed E-state index contributed by atoms with van der Waals surface area (Å²) in [6, 6.07) is 0. The van der Waals surface area contributed by atoms with Gasteiger partial charge in [-0.2, -0.15) is 5.10 Å². The summed E-state index contributed by atoms with van der Waals surface area (Å²) in [5, 5.41) is 7.25. The van der Waals surface area contributed by atoms with Gasteiger partial charge in [-0.1, -0.05) is 6.92 Å². The average molecular weight is 193 g/mol. The molecule has 1 aromatic rings. The third kappa shape index (κ3) is 1.34. The van der Waals surface area contributed by atoms with Crippen LogP contribution in [-0.2, 0) is 4.74 Å². The molecule has 76 valence electrons. The molecule has 2 aliphatic rings. The first-order valence-corrected chi connectivity index (χ1v) is 5.38. The predicted octanol–water partition coefficient (Wildman–Crippen LogP) is 1.78. The van der Waals surface area contributed by atoms with Crippen molar-refractivity contribution in [2.75, 3.05) is 6.61 Å². The Morgan fingerprint density at radius 3 is 2.86 bits per heavy atom. The van der Waals surface area contributed by atoms with E-state index in [1.807, 2.05) is 0 Å². The molecule has 2 fully saturated rings. The third-order valence-corrected chi connectivity index (χ3v) is 3.12. The van der Waals surface area contributed by atoms with E-state index in [4.69, 9.17) is 4.74 Å². The second kappa shape index (κ2) is 3.05. The Balaban J connectivity index is 1.81.